The van der Waals surface area contributed by atoms with E-state index >= 15 is 0 Å². The number of hydrogen-bond donors (Lipinski definition) is 2. The molecule has 2 heterocycles. The molecule has 1 atom stereocenters. The van der Waals surface area contributed by atoms with Crippen LogP contribution in [-0.4, -0.2) is 60.4 Å². The number of nitrogens with one attached hydrogen (secondary N) is 1. The van der Waals surface area contributed by atoms with Crippen molar-refractivity contribution < 1.29 is 28.6 Å². The van der Waals surface area contributed by atoms with E-state index in [1.807, 2.05) is 0 Å². The topological polar surface area (TPSA) is 99.2 Å². The lowest BCUT2D eigenvalue weighted by atomic mass is 9.98. The van der Waals surface area contributed by atoms with Crippen LogP contribution >= 0.6 is 0 Å². The number of ether oxygens (including phenoxy) is 1. The second-order valence-corrected chi connectivity index (χ2v) is 6.43. The molecule has 0 saturated carbocycles. The van der Waals surface area contributed by atoms with Gasteiger partial charge in [0.1, 0.15) is 11.9 Å². The van der Waals surface area contributed by atoms with E-state index in [9.17, 15) is 18.8 Å². The quantitative estimate of drug-likeness (QED) is 0.837. The van der Waals surface area contributed by atoms with Crippen molar-refractivity contribution in [3.63, 3.8) is 0 Å². The van der Waals surface area contributed by atoms with Gasteiger partial charge < -0.3 is 20.1 Å². The maximum absolute atomic E-state index is 14.6. The van der Waals surface area contributed by atoms with Crippen molar-refractivity contribution in [2.24, 2.45) is 0 Å². The first kappa shape index (κ1) is 18.7. The first-order chi connectivity index (χ1) is 12.8. The van der Waals surface area contributed by atoms with Crippen molar-refractivity contribution in [2.45, 2.75) is 19.4 Å². The number of nitrogens with zero attached hydrogens (tertiary/aromatic N) is 2. The molecule has 27 heavy (non-hydrogen) atoms. The van der Waals surface area contributed by atoms with Gasteiger partial charge in [-0.1, -0.05) is 6.08 Å². The van der Waals surface area contributed by atoms with E-state index in [1.54, 1.807) is 18.2 Å². The number of rotatable bonds is 4. The molecule has 2 N–H and O–H groups in total. The van der Waals surface area contributed by atoms with Gasteiger partial charge in [-0.05, 0) is 30.2 Å². The number of carbonyl (C=O) groups excluding carboxylic acids is 2. The molecule has 1 aromatic carbocycles. The molecule has 0 aliphatic carbocycles. The molecular formula is C18H20FN3O5. The minimum Gasteiger partial charge on any atom is -0.465 e. The number of amides is 3. The van der Waals surface area contributed by atoms with Crippen molar-refractivity contribution in [1.29, 1.82) is 0 Å². The lowest BCUT2D eigenvalue weighted by Crippen LogP contribution is -2.33. The summed E-state index contributed by atoms with van der Waals surface area (Å²) in [6, 6.07) is 4.48. The molecule has 3 rings (SSSR count). The number of hydrogen-bond acceptors (Lipinski definition) is 4. The van der Waals surface area contributed by atoms with Crippen LogP contribution in [0.4, 0.5) is 19.7 Å². The Labute approximate surface area is 155 Å². The first-order valence-corrected chi connectivity index (χ1v) is 8.54. The predicted octanol–water partition coefficient (Wildman–Crippen LogP) is 2.05. The number of carbonyl (C=O) groups is 3. The highest BCUT2D eigenvalue weighted by Crippen LogP contribution is 2.29. The van der Waals surface area contributed by atoms with Gasteiger partial charge in [-0.3, -0.25) is 9.69 Å². The van der Waals surface area contributed by atoms with E-state index in [0.29, 0.717) is 24.2 Å². The molecule has 144 valence electrons. The summed E-state index contributed by atoms with van der Waals surface area (Å²) >= 11 is 0. The van der Waals surface area contributed by atoms with Crippen LogP contribution in [0, 0.1) is 5.82 Å². The van der Waals surface area contributed by atoms with Gasteiger partial charge in [-0.25, -0.2) is 14.0 Å². The Morgan fingerprint density at radius 3 is 2.78 bits per heavy atom. The molecule has 9 heteroatoms. The number of halogens is 1. The fourth-order valence-electron chi connectivity index (χ4n) is 3.12. The molecule has 2 aliphatic rings. The third-order valence-electron chi connectivity index (χ3n) is 4.54. The first-order valence-electron chi connectivity index (χ1n) is 8.54. The van der Waals surface area contributed by atoms with Gasteiger partial charge in [-0.15, -0.1) is 0 Å². The maximum atomic E-state index is 14.6. The normalized spacial score (nSPS) is 19.6. The minimum absolute atomic E-state index is 0.200. The zero-order valence-corrected chi connectivity index (χ0v) is 14.8. The summed E-state index contributed by atoms with van der Waals surface area (Å²) in [5.41, 5.74) is 1.50. The molecule has 0 bridgehead atoms. The van der Waals surface area contributed by atoms with Crippen LogP contribution in [0.25, 0.3) is 5.57 Å². The Bertz CT molecular complexity index is 810. The molecular weight excluding hydrogens is 357 g/mol. The largest absolute Gasteiger partial charge is 0.465 e. The summed E-state index contributed by atoms with van der Waals surface area (Å²) < 4.78 is 19.8. The van der Waals surface area contributed by atoms with Gasteiger partial charge in [0.2, 0.25) is 5.91 Å². The number of anilines is 1. The Kier molecular flexibility index (Phi) is 5.29. The monoisotopic (exact) mass is 377 g/mol. The van der Waals surface area contributed by atoms with Gasteiger partial charge in [0.25, 0.3) is 0 Å². The van der Waals surface area contributed by atoms with Crippen LogP contribution in [0.3, 0.4) is 0 Å². The standard InChI is InChI=1S/C18H20FN3O5/c1-11(23)20-9-14-10-22(18(26)27-14)13-2-3-15(16(19)8-13)12-4-6-21(7-5-12)17(24)25/h2-4,8,14H,5-7,9-10H2,1H3,(H,20,23)(H,24,25). The molecule has 3 amide bonds. The van der Waals surface area contributed by atoms with Crippen LogP contribution in [0.1, 0.15) is 18.9 Å². The molecule has 8 nitrogen and oxygen atoms in total. The third kappa shape index (κ3) is 4.18. The molecule has 1 aromatic rings. The Hall–Kier alpha value is -3.10. The van der Waals surface area contributed by atoms with Crippen LogP contribution in [-0.2, 0) is 9.53 Å². The van der Waals surface area contributed by atoms with E-state index in [-0.39, 0.29) is 25.5 Å². The van der Waals surface area contributed by atoms with Crippen LogP contribution < -0.4 is 10.2 Å². The predicted molar refractivity (Wildman–Crippen MR) is 94.9 cm³/mol. The Morgan fingerprint density at radius 2 is 2.19 bits per heavy atom. The average Bonchev–Trinajstić information content (AvgIpc) is 3.01. The third-order valence-corrected chi connectivity index (χ3v) is 4.54. The molecule has 1 saturated heterocycles. The van der Waals surface area contributed by atoms with E-state index in [2.05, 4.69) is 5.32 Å². The summed E-state index contributed by atoms with van der Waals surface area (Å²) in [4.78, 5) is 36.5. The highest BCUT2D eigenvalue weighted by molar-refractivity contribution is 5.90. The molecule has 1 fully saturated rings. The average molecular weight is 377 g/mol. The van der Waals surface area contributed by atoms with E-state index < -0.39 is 24.1 Å². The van der Waals surface area contributed by atoms with E-state index in [0.717, 1.165) is 5.57 Å². The Balaban J connectivity index is 1.71. The second kappa shape index (κ2) is 7.65. The van der Waals surface area contributed by atoms with E-state index in [1.165, 1.54) is 22.8 Å². The lowest BCUT2D eigenvalue weighted by molar-refractivity contribution is -0.119. The van der Waals surface area contributed by atoms with Crippen LogP contribution in [0.15, 0.2) is 24.3 Å². The minimum atomic E-state index is -0.998. The summed E-state index contributed by atoms with van der Waals surface area (Å²) in [5, 5.41) is 11.6. The van der Waals surface area contributed by atoms with Gasteiger partial charge in [0.05, 0.1) is 18.8 Å². The summed E-state index contributed by atoms with van der Waals surface area (Å²) in [6.45, 7) is 2.32. The highest BCUT2D eigenvalue weighted by Gasteiger charge is 2.32. The summed E-state index contributed by atoms with van der Waals surface area (Å²) in [6.07, 6.45) is 0.0392. The molecule has 0 radical (unpaired) electrons. The van der Waals surface area contributed by atoms with Crippen molar-refractivity contribution in [3.05, 3.63) is 35.7 Å². The van der Waals surface area contributed by atoms with Crippen molar-refractivity contribution in [3.8, 4) is 0 Å². The van der Waals surface area contributed by atoms with Gasteiger partial charge >= 0.3 is 12.2 Å². The fraction of sp³-hybridized carbons (Fsp3) is 0.389. The zero-order chi connectivity index (χ0) is 19.6. The van der Waals surface area contributed by atoms with Gasteiger partial charge in [-0.2, -0.15) is 0 Å². The number of cyclic esters (lactones) is 1. The zero-order valence-electron chi connectivity index (χ0n) is 14.8. The van der Waals surface area contributed by atoms with Crippen molar-refractivity contribution in [1.82, 2.24) is 10.2 Å². The number of benzene rings is 1. The van der Waals surface area contributed by atoms with Crippen LogP contribution in [0.5, 0.6) is 0 Å². The molecule has 0 spiro atoms. The summed E-state index contributed by atoms with van der Waals surface area (Å²) in [7, 11) is 0. The summed E-state index contributed by atoms with van der Waals surface area (Å²) in [5.74, 6) is -0.706. The van der Waals surface area contributed by atoms with Crippen molar-refractivity contribution >= 4 is 29.4 Å². The second-order valence-electron chi connectivity index (χ2n) is 6.43. The van der Waals surface area contributed by atoms with Gasteiger partial charge in [0.15, 0.2) is 0 Å². The maximum Gasteiger partial charge on any atom is 0.414 e. The smallest absolute Gasteiger partial charge is 0.414 e. The SMILES string of the molecule is CC(=O)NCC1CN(c2ccc(C3=CCN(C(=O)O)CC3)c(F)c2)C(=O)O1. The molecule has 0 aromatic heterocycles. The molecule has 1 unspecified atom stereocenters. The molecule has 2 aliphatic heterocycles. The number of carboxylic acid groups (broad SMARTS) is 1. The highest BCUT2D eigenvalue weighted by atomic mass is 19.1. The van der Waals surface area contributed by atoms with E-state index in [4.69, 9.17) is 9.84 Å². The van der Waals surface area contributed by atoms with Gasteiger partial charge in [0, 0.05) is 25.6 Å². The van der Waals surface area contributed by atoms with Crippen LogP contribution in [0.2, 0.25) is 0 Å². The lowest BCUT2D eigenvalue weighted by Gasteiger charge is -2.24. The Morgan fingerprint density at radius 1 is 1.41 bits per heavy atom. The van der Waals surface area contributed by atoms with Crippen molar-refractivity contribution in [2.75, 3.05) is 31.1 Å². The fourth-order valence-corrected chi connectivity index (χ4v) is 3.12.